The normalized spacial score (nSPS) is 10.8. The van der Waals surface area contributed by atoms with Crippen molar-refractivity contribution in [3.05, 3.63) is 67.1 Å². The summed E-state index contributed by atoms with van der Waals surface area (Å²) in [7, 11) is 3.32. The third kappa shape index (κ3) is 4.65. The molecule has 0 unspecified atom stereocenters. The Labute approximate surface area is 157 Å². The van der Waals surface area contributed by atoms with Crippen molar-refractivity contribution < 1.29 is 5.11 Å². The molecule has 0 bridgehead atoms. The summed E-state index contributed by atoms with van der Waals surface area (Å²) in [4.78, 5) is 27.0. The highest BCUT2D eigenvalue weighted by atomic mass is 35.5. The van der Waals surface area contributed by atoms with Gasteiger partial charge in [-0.2, -0.15) is 0 Å². The highest BCUT2D eigenvalue weighted by molar-refractivity contribution is 6.30. The van der Waals surface area contributed by atoms with E-state index in [1.165, 1.54) is 10.6 Å². The van der Waals surface area contributed by atoms with E-state index in [9.17, 15) is 9.59 Å². The summed E-state index contributed by atoms with van der Waals surface area (Å²) in [5, 5.41) is 9.55. The Kier molecular flexibility index (Phi) is 6.83. The number of aliphatic hydroxyl groups is 1. The monoisotopic (exact) mass is 377 g/mol. The van der Waals surface area contributed by atoms with E-state index >= 15 is 0 Å². The van der Waals surface area contributed by atoms with E-state index in [2.05, 4.69) is 0 Å². The first kappa shape index (κ1) is 20.0. The van der Waals surface area contributed by atoms with E-state index in [1.807, 2.05) is 12.1 Å². The molecule has 0 saturated carbocycles. The smallest absolute Gasteiger partial charge is 0.255 e. The van der Waals surface area contributed by atoms with Gasteiger partial charge in [-0.15, -0.1) is 0 Å². The SMILES string of the molecule is CN(Cc1ccc(Cl)cc1)c1c(N)n(C)c(=O)c(CCCCO)cc1=O. The van der Waals surface area contributed by atoms with Gasteiger partial charge in [-0.3, -0.25) is 14.2 Å². The van der Waals surface area contributed by atoms with Gasteiger partial charge in [-0.1, -0.05) is 23.7 Å². The highest BCUT2D eigenvalue weighted by Gasteiger charge is 2.15. The van der Waals surface area contributed by atoms with Crippen LogP contribution in [-0.2, 0) is 20.0 Å². The summed E-state index contributed by atoms with van der Waals surface area (Å²) < 4.78 is 1.31. The van der Waals surface area contributed by atoms with Gasteiger partial charge in [0.1, 0.15) is 11.5 Å². The molecule has 1 heterocycles. The van der Waals surface area contributed by atoms with Crippen LogP contribution in [0.25, 0.3) is 0 Å². The maximum absolute atomic E-state index is 12.7. The zero-order valence-electron chi connectivity index (χ0n) is 15.0. The number of unbranched alkanes of at least 4 members (excludes halogenated alkanes) is 1. The minimum atomic E-state index is -0.296. The van der Waals surface area contributed by atoms with Crippen LogP contribution in [0.4, 0.5) is 11.5 Å². The van der Waals surface area contributed by atoms with Crippen LogP contribution in [0.3, 0.4) is 0 Å². The van der Waals surface area contributed by atoms with Crippen LogP contribution in [-0.4, -0.2) is 23.3 Å². The number of aryl methyl sites for hydroxylation is 1. The van der Waals surface area contributed by atoms with Crippen molar-refractivity contribution in [2.45, 2.75) is 25.8 Å². The second kappa shape index (κ2) is 8.87. The molecule has 0 fully saturated rings. The van der Waals surface area contributed by atoms with E-state index in [0.29, 0.717) is 36.4 Å². The van der Waals surface area contributed by atoms with E-state index in [-0.39, 0.29) is 29.1 Å². The molecular formula is C19H24ClN3O3. The Morgan fingerprint density at radius 1 is 1.19 bits per heavy atom. The van der Waals surface area contributed by atoms with Crippen molar-refractivity contribution in [1.82, 2.24) is 4.57 Å². The first-order valence-corrected chi connectivity index (χ1v) is 8.82. The average Bonchev–Trinajstić information content (AvgIpc) is 2.68. The lowest BCUT2D eigenvalue weighted by atomic mass is 10.1. The fourth-order valence-electron chi connectivity index (χ4n) is 2.83. The molecule has 6 nitrogen and oxygen atoms in total. The molecule has 0 amide bonds. The van der Waals surface area contributed by atoms with Crippen molar-refractivity contribution in [1.29, 1.82) is 0 Å². The number of aromatic nitrogens is 1. The van der Waals surface area contributed by atoms with Crippen LogP contribution in [0.15, 0.2) is 39.9 Å². The first-order chi connectivity index (χ1) is 12.3. The van der Waals surface area contributed by atoms with Gasteiger partial charge in [0.2, 0.25) is 5.43 Å². The lowest BCUT2D eigenvalue weighted by molar-refractivity contribution is 0.284. The molecule has 0 radical (unpaired) electrons. The molecule has 26 heavy (non-hydrogen) atoms. The number of anilines is 2. The molecule has 3 N–H and O–H groups in total. The second-order valence-corrected chi connectivity index (χ2v) is 6.73. The Morgan fingerprint density at radius 3 is 2.46 bits per heavy atom. The quantitative estimate of drug-likeness (QED) is 0.720. The van der Waals surface area contributed by atoms with E-state index in [1.54, 1.807) is 31.1 Å². The Morgan fingerprint density at radius 2 is 1.85 bits per heavy atom. The first-order valence-electron chi connectivity index (χ1n) is 8.44. The standard InChI is InChI=1S/C19H24ClN3O3/c1-22(12-13-6-8-15(20)9-7-13)17-16(25)11-14(5-3-4-10-24)19(26)23(2)18(17)21/h6-9,11,24H,3-5,10,12,21H2,1-2H3. The largest absolute Gasteiger partial charge is 0.396 e. The molecule has 0 aliphatic carbocycles. The number of halogens is 1. The molecular weight excluding hydrogens is 354 g/mol. The van der Waals surface area contributed by atoms with Gasteiger partial charge in [0.25, 0.3) is 5.56 Å². The van der Waals surface area contributed by atoms with Gasteiger partial charge < -0.3 is 15.7 Å². The van der Waals surface area contributed by atoms with E-state index < -0.39 is 0 Å². The Hall–Kier alpha value is -2.31. The molecule has 1 aromatic heterocycles. The minimum absolute atomic E-state index is 0.0563. The molecule has 0 saturated heterocycles. The van der Waals surface area contributed by atoms with Crippen LogP contribution in [0.5, 0.6) is 0 Å². The van der Waals surface area contributed by atoms with Crippen molar-refractivity contribution in [2.75, 3.05) is 24.3 Å². The van der Waals surface area contributed by atoms with Crippen molar-refractivity contribution in [3.63, 3.8) is 0 Å². The number of nitrogen functional groups attached to an aromatic ring is 1. The summed E-state index contributed by atoms with van der Waals surface area (Å²) in [6.07, 6.45) is 1.64. The molecule has 140 valence electrons. The molecule has 2 aromatic rings. The topological polar surface area (TPSA) is 88.6 Å². The number of benzene rings is 1. The second-order valence-electron chi connectivity index (χ2n) is 6.30. The third-order valence-electron chi connectivity index (χ3n) is 4.29. The maximum Gasteiger partial charge on any atom is 0.255 e. The summed E-state index contributed by atoms with van der Waals surface area (Å²) in [5.74, 6) is 0.130. The average molecular weight is 378 g/mol. The molecule has 0 aliphatic heterocycles. The fourth-order valence-corrected chi connectivity index (χ4v) is 2.96. The third-order valence-corrected chi connectivity index (χ3v) is 4.54. The highest BCUT2D eigenvalue weighted by Crippen LogP contribution is 2.18. The number of nitrogens with zero attached hydrogens (tertiary/aromatic N) is 2. The molecule has 0 aliphatic rings. The molecule has 2 rings (SSSR count). The van der Waals surface area contributed by atoms with Crippen LogP contribution >= 0.6 is 11.6 Å². The Bertz CT molecular complexity index is 879. The van der Waals surface area contributed by atoms with Gasteiger partial charge in [0.15, 0.2) is 0 Å². The zero-order valence-corrected chi connectivity index (χ0v) is 15.8. The van der Waals surface area contributed by atoms with Gasteiger partial charge >= 0.3 is 0 Å². The fraction of sp³-hybridized carbons (Fsp3) is 0.368. The van der Waals surface area contributed by atoms with Crippen molar-refractivity contribution >= 4 is 23.1 Å². The Balaban J connectivity index is 2.43. The lowest BCUT2D eigenvalue weighted by Crippen LogP contribution is -2.25. The summed E-state index contributed by atoms with van der Waals surface area (Å²) >= 11 is 5.90. The number of nitrogens with two attached hydrogens (primary N) is 1. The van der Waals surface area contributed by atoms with Crippen LogP contribution < -0.4 is 21.6 Å². The van der Waals surface area contributed by atoms with Crippen LogP contribution in [0, 0.1) is 0 Å². The van der Waals surface area contributed by atoms with Gasteiger partial charge in [0.05, 0.1) is 0 Å². The number of hydrogen-bond acceptors (Lipinski definition) is 5. The lowest BCUT2D eigenvalue weighted by Gasteiger charge is -2.19. The predicted molar refractivity (Wildman–Crippen MR) is 106 cm³/mol. The van der Waals surface area contributed by atoms with Crippen molar-refractivity contribution in [3.8, 4) is 0 Å². The van der Waals surface area contributed by atoms with E-state index in [0.717, 1.165) is 5.56 Å². The minimum Gasteiger partial charge on any atom is -0.396 e. The molecule has 0 atom stereocenters. The zero-order chi connectivity index (χ0) is 19.3. The van der Waals surface area contributed by atoms with E-state index in [4.69, 9.17) is 22.4 Å². The molecule has 1 aromatic carbocycles. The van der Waals surface area contributed by atoms with Crippen LogP contribution in [0.2, 0.25) is 5.02 Å². The van der Waals surface area contributed by atoms with Gasteiger partial charge in [-0.25, -0.2) is 0 Å². The van der Waals surface area contributed by atoms with Gasteiger partial charge in [-0.05, 0) is 43.0 Å². The van der Waals surface area contributed by atoms with Crippen LogP contribution in [0.1, 0.15) is 24.0 Å². The van der Waals surface area contributed by atoms with Gasteiger partial charge in [0, 0.05) is 37.8 Å². The molecule has 0 spiro atoms. The summed E-state index contributed by atoms with van der Waals surface area (Å²) in [6.45, 7) is 0.509. The summed E-state index contributed by atoms with van der Waals surface area (Å²) in [5.41, 5.74) is 7.20. The summed E-state index contributed by atoms with van der Waals surface area (Å²) in [6, 6.07) is 8.69. The predicted octanol–water partition coefficient (Wildman–Crippen LogP) is 1.93. The molecule has 7 heteroatoms. The number of aliphatic hydroxyl groups excluding tert-OH is 1. The van der Waals surface area contributed by atoms with Crippen molar-refractivity contribution in [2.24, 2.45) is 7.05 Å². The maximum atomic E-state index is 12.7. The number of hydrogen-bond donors (Lipinski definition) is 2. The number of rotatable bonds is 7.